The molecule has 0 aliphatic rings. The number of aromatic nitrogens is 1. The molecule has 2 unspecified atom stereocenters. The van der Waals surface area contributed by atoms with E-state index in [-0.39, 0.29) is 71.4 Å². The van der Waals surface area contributed by atoms with E-state index in [1.165, 1.54) is 56.4 Å². The topological polar surface area (TPSA) is 70.5 Å². The molecule has 638 valence electrons. The van der Waals surface area contributed by atoms with Crippen LogP contribution in [0.5, 0.6) is 11.5 Å². The Kier molecular flexibility index (Phi) is 40.1. The van der Waals surface area contributed by atoms with Crippen molar-refractivity contribution >= 4 is 102 Å². The molecule has 14 aromatic carbocycles. The molecule has 2 atom stereocenters. The quantitative estimate of drug-likeness (QED) is 0.0463. The zero-order chi connectivity index (χ0) is 80.0. The summed E-state index contributed by atoms with van der Waals surface area (Å²) in [5.74, 6) is 1.28. The van der Waals surface area contributed by atoms with Crippen molar-refractivity contribution in [2.24, 2.45) is 10.8 Å². The largest absolute Gasteiger partial charge is 0.426 e. The van der Waals surface area contributed by atoms with Crippen LogP contribution in [0, 0.1) is 17.8 Å². The first-order valence-corrected chi connectivity index (χ1v) is 40.0. The van der Waals surface area contributed by atoms with Crippen LogP contribution in [0.25, 0.3) is 32.9 Å². The van der Waals surface area contributed by atoms with Gasteiger partial charge in [-0.05, 0) is 277 Å². The maximum absolute atomic E-state index is 12.6. The van der Waals surface area contributed by atoms with Crippen molar-refractivity contribution in [1.29, 1.82) is 0 Å². The van der Waals surface area contributed by atoms with E-state index in [4.69, 9.17) is 9.47 Å². The Hall–Kier alpha value is -13.0. The van der Waals surface area contributed by atoms with Crippen LogP contribution >= 0.6 is 0 Å². The predicted molar refractivity (Wildman–Crippen MR) is 535 cm³/mol. The van der Waals surface area contributed by atoms with Gasteiger partial charge in [0.25, 0.3) is 0 Å². The minimum atomic E-state index is -0.529. The predicted octanol–water partition coefficient (Wildman–Crippen LogP) is 35.0. The molecule has 0 saturated heterocycles. The molecule has 0 aliphatic heterocycles. The Labute approximate surface area is 734 Å². The molecule has 0 spiro atoms. The Balaban J connectivity index is 0.000000358. The van der Waals surface area contributed by atoms with Crippen LogP contribution in [-0.2, 0) is 9.59 Å². The van der Waals surface area contributed by atoms with Gasteiger partial charge in [0, 0.05) is 96.1 Å². The van der Waals surface area contributed by atoms with Gasteiger partial charge in [0.15, 0.2) is 0 Å². The summed E-state index contributed by atoms with van der Waals surface area (Å²) in [6.45, 7) is 22.8. The molecule has 9 nitrogen and oxygen atoms in total. The average molecular weight is 1630 g/mol. The Morgan fingerprint density at radius 1 is 0.295 bits per heavy atom. The SMILES string of the molecule is C.C.C.C.C.C.C.C.CCC(C)(C)C(=O)Oc1ccc(N(c2ccccc2)c2ccc(-c3ccc(N(c4ccccc4)c4cccc(C)c4)cc3)cc2)cc1.CCC(C)(C)C(=O)Oc1ccc(N(c2ccccc2)c2ccccc2)cc1.CCC(C)c1ccc(N(c2ccccc2)c2ccccc2)cc1.CCC(C)n1c2ccccc2c2ccccc21. The van der Waals surface area contributed by atoms with Crippen molar-refractivity contribution in [2.45, 2.75) is 173 Å². The fraction of sp³-hybridized carbons (Fsp3) is 0.239. The molecular formula is C113H137N5O4. The summed E-state index contributed by atoms with van der Waals surface area (Å²) in [6.07, 6.45) is 3.77. The van der Waals surface area contributed by atoms with Crippen LogP contribution in [-0.4, -0.2) is 16.5 Å². The number of nitrogens with zero attached hydrogens (tertiary/aromatic N) is 5. The van der Waals surface area contributed by atoms with Gasteiger partial charge in [0.2, 0.25) is 0 Å². The van der Waals surface area contributed by atoms with Gasteiger partial charge in [0.05, 0.1) is 10.8 Å². The van der Waals surface area contributed by atoms with E-state index in [9.17, 15) is 9.59 Å². The first-order chi connectivity index (χ1) is 55.4. The summed E-state index contributed by atoms with van der Waals surface area (Å²) in [7, 11) is 0. The molecule has 15 rings (SSSR count). The highest BCUT2D eigenvalue weighted by Gasteiger charge is 2.29. The smallest absolute Gasteiger partial charge is 0.316 e. The van der Waals surface area contributed by atoms with E-state index >= 15 is 0 Å². The van der Waals surface area contributed by atoms with Crippen molar-refractivity contribution in [3.05, 3.63) is 387 Å². The summed E-state index contributed by atoms with van der Waals surface area (Å²) in [5, 5.41) is 2.73. The van der Waals surface area contributed by atoms with Crippen LogP contribution < -0.4 is 29.1 Å². The zero-order valence-electron chi connectivity index (χ0n) is 67.6. The van der Waals surface area contributed by atoms with E-state index in [1.54, 1.807) is 0 Å². The number of rotatable bonds is 23. The molecule has 0 bridgehead atoms. The lowest BCUT2D eigenvalue weighted by Gasteiger charge is -2.26. The molecule has 1 heterocycles. The molecule has 0 aliphatic carbocycles. The molecule has 0 radical (unpaired) electrons. The first kappa shape index (κ1) is 101. The van der Waals surface area contributed by atoms with Gasteiger partial charge in [-0.1, -0.05) is 288 Å². The first-order valence-electron chi connectivity index (χ1n) is 40.0. The molecule has 0 saturated carbocycles. The van der Waals surface area contributed by atoms with Gasteiger partial charge in [-0.3, -0.25) is 9.59 Å². The van der Waals surface area contributed by atoms with Crippen LogP contribution in [0.3, 0.4) is 0 Å². The monoisotopic (exact) mass is 1630 g/mol. The summed E-state index contributed by atoms with van der Waals surface area (Å²) in [5.41, 5.74) is 19.7. The fourth-order valence-corrected chi connectivity index (χ4v) is 13.5. The average Bonchev–Trinajstić information content (AvgIpc) is 1.61. The van der Waals surface area contributed by atoms with Gasteiger partial charge in [-0.15, -0.1) is 0 Å². The minimum absolute atomic E-state index is 0. The number of fused-ring (bicyclic) bond motifs is 3. The van der Waals surface area contributed by atoms with E-state index in [0.29, 0.717) is 29.9 Å². The number of hydrogen-bond donors (Lipinski definition) is 0. The Morgan fingerprint density at radius 3 is 0.811 bits per heavy atom. The van der Waals surface area contributed by atoms with Crippen molar-refractivity contribution in [1.82, 2.24) is 4.57 Å². The second-order valence-corrected chi connectivity index (χ2v) is 30.1. The summed E-state index contributed by atoms with van der Waals surface area (Å²) >= 11 is 0. The number of aryl methyl sites for hydroxylation is 1. The number of benzene rings is 14. The Morgan fingerprint density at radius 2 is 0.541 bits per heavy atom. The van der Waals surface area contributed by atoms with Gasteiger partial charge < -0.3 is 33.6 Å². The Bertz CT molecular complexity index is 5360. The highest BCUT2D eigenvalue weighted by molar-refractivity contribution is 6.08. The van der Waals surface area contributed by atoms with Crippen molar-refractivity contribution < 1.29 is 19.1 Å². The van der Waals surface area contributed by atoms with Crippen LogP contribution in [0.2, 0.25) is 0 Å². The standard InChI is InChI=1S/C43H40N2O2.C24H25NO2.C22H23N.C16H17N.8CH4/c1-5-43(3,4)42(46)47-41-29-27-39(28-30-41)44(35-14-8-6-9-15-35)37-23-19-33(20-24-37)34-21-25-38(26-22-34)45(36-16-10-7-11-17-36)40-18-12-13-32(2)31-40;1-4-24(2,3)23(26)27-22-17-15-21(16-18-22)25(19-11-7-5-8-12-19)20-13-9-6-10-14-20;1-3-18(2)19-14-16-22(17-15-19)23(20-10-6-4-7-11-20)21-12-8-5-9-13-21;1-3-12(2)17-15-10-6-4-8-13(15)14-9-5-7-11-16(14)17;;;;;;;;/h6-31H,5H2,1-4H3;5-18H,4H2,1-3H3;4-18H,3H2,1-2H3;4-12H,3H2,1-2H3;8*1H4. The third kappa shape index (κ3) is 25.1. The maximum atomic E-state index is 12.6. The van der Waals surface area contributed by atoms with Gasteiger partial charge in [0.1, 0.15) is 11.5 Å². The number of anilines is 12. The molecule has 0 fully saturated rings. The highest BCUT2D eigenvalue weighted by Crippen LogP contribution is 2.42. The van der Waals surface area contributed by atoms with E-state index < -0.39 is 10.8 Å². The summed E-state index contributed by atoms with van der Waals surface area (Å²) < 4.78 is 13.7. The third-order valence-corrected chi connectivity index (χ3v) is 21.4. The van der Waals surface area contributed by atoms with Crippen molar-refractivity contribution in [3.63, 3.8) is 0 Å². The number of hydrogen-bond acceptors (Lipinski definition) is 8. The molecule has 122 heavy (non-hydrogen) atoms. The highest BCUT2D eigenvalue weighted by atomic mass is 16.5. The molecule has 9 heteroatoms. The number of carbonyl (C=O) groups excluding carboxylic acids is 2. The molecule has 1 aromatic heterocycles. The second kappa shape index (κ2) is 48.3. The molecule has 15 aromatic rings. The van der Waals surface area contributed by atoms with E-state index in [2.05, 4.69) is 326 Å². The second-order valence-electron chi connectivity index (χ2n) is 30.1. The number of ether oxygens (including phenoxy) is 2. The van der Waals surface area contributed by atoms with Gasteiger partial charge >= 0.3 is 11.9 Å². The van der Waals surface area contributed by atoms with E-state index in [0.717, 1.165) is 75.2 Å². The van der Waals surface area contributed by atoms with Crippen LogP contribution in [0.4, 0.5) is 68.2 Å². The maximum Gasteiger partial charge on any atom is 0.316 e. The molecule has 0 amide bonds. The fourth-order valence-electron chi connectivity index (χ4n) is 13.5. The normalized spacial score (nSPS) is 10.8. The van der Waals surface area contributed by atoms with Gasteiger partial charge in [-0.25, -0.2) is 0 Å². The summed E-state index contributed by atoms with van der Waals surface area (Å²) in [6, 6.07) is 130. The third-order valence-electron chi connectivity index (χ3n) is 21.4. The van der Waals surface area contributed by atoms with Gasteiger partial charge in [-0.2, -0.15) is 0 Å². The minimum Gasteiger partial charge on any atom is -0.426 e. The molecule has 0 N–H and O–H groups in total. The van der Waals surface area contributed by atoms with Crippen molar-refractivity contribution in [2.75, 3.05) is 19.6 Å². The number of para-hydroxylation sites is 8. The van der Waals surface area contributed by atoms with E-state index in [1.807, 2.05) is 151 Å². The number of carbonyl (C=O) groups is 2. The lowest BCUT2D eigenvalue weighted by atomic mass is 9.91. The number of esters is 2. The zero-order valence-corrected chi connectivity index (χ0v) is 67.6. The molecular weight excluding hydrogens is 1490 g/mol. The lowest BCUT2D eigenvalue weighted by Crippen LogP contribution is -2.28. The summed E-state index contributed by atoms with van der Waals surface area (Å²) in [4.78, 5) is 33.9. The lowest BCUT2D eigenvalue weighted by molar-refractivity contribution is -0.144. The van der Waals surface area contributed by atoms with Crippen LogP contribution in [0.15, 0.2) is 376 Å². The van der Waals surface area contributed by atoms with Crippen LogP contribution in [0.1, 0.15) is 177 Å². The van der Waals surface area contributed by atoms with Crippen molar-refractivity contribution in [3.8, 4) is 22.6 Å².